The minimum atomic E-state index is -1.34. The van der Waals surface area contributed by atoms with Crippen LogP contribution in [-0.2, 0) is 28.6 Å². The van der Waals surface area contributed by atoms with Crippen molar-refractivity contribution in [2.75, 3.05) is 6.61 Å². The van der Waals surface area contributed by atoms with Gasteiger partial charge in [0.15, 0.2) is 0 Å². The lowest BCUT2D eigenvalue weighted by Crippen LogP contribution is -2.71. The van der Waals surface area contributed by atoms with Crippen LogP contribution in [0.1, 0.15) is 72.5 Å². The molecule has 1 aliphatic heterocycles. The molecule has 0 bridgehead atoms. The van der Waals surface area contributed by atoms with E-state index >= 15 is 0 Å². The third-order valence-corrected chi connectivity index (χ3v) is 9.73. The zero-order chi connectivity index (χ0) is 30.6. The zero-order valence-corrected chi connectivity index (χ0v) is 24.7. The first-order valence-electron chi connectivity index (χ1n) is 14.1. The SMILES string of the molecule is CC(=O)OC[C@]1(C)[C@@H]2C[C@H](OC(C)=O)[C@@]3(C)Oc4cc(-c5cccnc5)oc(=O)c4[C@H](O)[C@@H]3[C@@]2(C)CC[C@@H]1OC(C)=O. The van der Waals surface area contributed by atoms with Gasteiger partial charge in [-0.25, -0.2) is 4.79 Å². The third-order valence-electron chi connectivity index (χ3n) is 9.73. The number of fused-ring (bicyclic) bond motifs is 4. The Morgan fingerprint density at radius 1 is 1.07 bits per heavy atom. The van der Waals surface area contributed by atoms with Gasteiger partial charge < -0.3 is 28.5 Å². The van der Waals surface area contributed by atoms with Crippen molar-refractivity contribution >= 4 is 17.9 Å². The molecule has 0 unspecified atom stereocenters. The van der Waals surface area contributed by atoms with Crippen molar-refractivity contribution in [3.8, 4) is 17.1 Å². The summed E-state index contributed by atoms with van der Waals surface area (Å²) in [5.41, 5.74) is -3.09. The van der Waals surface area contributed by atoms with Crippen molar-refractivity contribution in [3.63, 3.8) is 0 Å². The smallest absolute Gasteiger partial charge is 0.345 e. The number of rotatable bonds is 5. The summed E-state index contributed by atoms with van der Waals surface area (Å²) < 4.78 is 29.5. The molecule has 2 aromatic heterocycles. The Morgan fingerprint density at radius 3 is 2.38 bits per heavy atom. The number of carbonyl (C=O) groups is 3. The fourth-order valence-corrected chi connectivity index (χ4v) is 8.04. The maximum atomic E-state index is 13.4. The molecule has 8 atom stereocenters. The van der Waals surface area contributed by atoms with Crippen LogP contribution in [-0.4, -0.2) is 52.4 Å². The van der Waals surface area contributed by atoms with Gasteiger partial charge >= 0.3 is 23.5 Å². The molecule has 0 spiro atoms. The molecule has 2 fully saturated rings. The van der Waals surface area contributed by atoms with E-state index in [2.05, 4.69) is 4.98 Å². The minimum absolute atomic E-state index is 0.0163. The van der Waals surface area contributed by atoms with Gasteiger partial charge in [0.05, 0.1) is 6.10 Å². The molecule has 0 saturated heterocycles. The number of aliphatic hydroxyl groups excluding tert-OH is 1. The summed E-state index contributed by atoms with van der Waals surface area (Å²) in [5.74, 6) is -2.25. The second-order valence-electron chi connectivity index (χ2n) is 12.4. The maximum absolute atomic E-state index is 13.4. The summed E-state index contributed by atoms with van der Waals surface area (Å²) in [6.07, 6.45) is 1.53. The van der Waals surface area contributed by atoms with Crippen LogP contribution in [0.25, 0.3) is 11.3 Å². The van der Waals surface area contributed by atoms with Crippen LogP contribution < -0.4 is 10.4 Å². The van der Waals surface area contributed by atoms with Crippen LogP contribution in [0.3, 0.4) is 0 Å². The lowest BCUT2D eigenvalue weighted by Gasteiger charge is -2.66. The van der Waals surface area contributed by atoms with E-state index in [4.69, 9.17) is 23.4 Å². The second-order valence-corrected chi connectivity index (χ2v) is 12.4. The van der Waals surface area contributed by atoms with E-state index in [0.29, 0.717) is 18.4 Å². The first kappa shape index (κ1) is 29.8. The first-order chi connectivity index (χ1) is 19.7. The van der Waals surface area contributed by atoms with Crippen molar-refractivity contribution in [2.45, 2.75) is 84.7 Å². The van der Waals surface area contributed by atoms with Crippen molar-refractivity contribution in [1.29, 1.82) is 0 Å². The number of ether oxygens (including phenoxy) is 4. The first-order valence-corrected chi connectivity index (χ1v) is 14.1. The Bertz CT molecular complexity index is 1460. The van der Waals surface area contributed by atoms with E-state index in [1.807, 2.05) is 13.8 Å². The van der Waals surface area contributed by atoms with E-state index in [-0.39, 0.29) is 36.0 Å². The van der Waals surface area contributed by atoms with Gasteiger partial charge in [0, 0.05) is 56.1 Å². The van der Waals surface area contributed by atoms with Crippen LogP contribution in [0.2, 0.25) is 0 Å². The number of pyridine rings is 1. The van der Waals surface area contributed by atoms with Gasteiger partial charge in [0.1, 0.15) is 41.5 Å². The fourth-order valence-electron chi connectivity index (χ4n) is 8.04. The summed E-state index contributed by atoms with van der Waals surface area (Å²) in [5, 5.41) is 12.1. The summed E-state index contributed by atoms with van der Waals surface area (Å²) in [4.78, 5) is 54.0. The molecule has 11 heteroatoms. The Morgan fingerprint density at radius 2 is 1.76 bits per heavy atom. The van der Waals surface area contributed by atoms with Gasteiger partial charge in [0.2, 0.25) is 0 Å². The predicted molar refractivity (Wildman–Crippen MR) is 147 cm³/mol. The van der Waals surface area contributed by atoms with Gasteiger partial charge in [-0.05, 0) is 49.7 Å². The average Bonchev–Trinajstić information content (AvgIpc) is 2.90. The monoisotopic (exact) mass is 583 g/mol. The van der Waals surface area contributed by atoms with Gasteiger partial charge in [-0.2, -0.15) is 0 Å². The van der Waals surface area contributed by atoms with Gasteiger partial charge in [-0.3, -0.25) is 19.4 Å². The van der Waals surface area contributed by atoms with E-state index in [1.54, 1.807) is 37.5 Å². The molecule has 2 aliphatic carbocycles. The highest BCUT2D eigenvalue weighted by molar-refractivity contribution is 5.67. The van der Waals surface area contributed by atoms with Gasteiger partial charge in [0.25, 0.3) is 0 Å². The van der Waals surface area contributed by atoms with E-state index in [9.17, 15) is 24.3 Å². The van der Waals surface area contributed by atoms with Gasteiger partial charge in [-0.1, -0.05) is 13.8 Å². The molecule has 2 saturated carbocycles. The largest absolute Gasteiger partial charge is 0.482 e. The molecule has 5 rings (SSSR count). The Hall–Kier alpha value is -3.73. The fraction of sp³-hybridized carbons (Fsp3) is 0.581. The zero-order valence-electron chi connectivity index (χ0n) is 24.7. The highest BCUT2D eigenvalue weighted by Crippen LogP contribution is 2.67. The number of esters is 3. The number of hydrogen-bond acceptors (Lipinski definition) is 11. The van der Waals surface area contributed by atoms with Crippen molar-refractivity contribution in [3.05, 3.63) is 46.6 Å². The molecule has 11 nitrogen and oxygen atoms in total. The summed E-state index contributed by atoms with van der Waals surface area (Å²) in [7, 11) is 0. The Labute approximate surface area is 243 Å². The van der Waals surface area contributed by atoms with E-state index in [0.717, 1.165) is 0 Å². The molecule has 42 heavy (non-hydrogen) atoms. The second kappa shape index (κ2) is 10.5. The number of carbonyl (C=O) groups excluding carboxylic acids is 3. The highest BCUT2D eigenvalue weighted by Gasteiger charge is 2.70. The van der Waals surface area contributed by atoms with E-state index < -0.39 is 64.2 Å². The topological polar surface area (TPSA) is 151 Å². The lowest BCUT2D eigenvalue weighted by atomic mass is 9.42. The number of nitrogens with zero attached hydrogens (tertiary/aromatic N) is 1. The third kappa shape index (κ3) is 4.77. The molecule has 1 N–H and O–H groups in total. The van der Waals surface area contributed by atoms with Crippen molar-refractivity contribution < 1.29 is 42.9 Å². The molecular formula is C31H37NO10. The van der Waals surface area contributed by atoms with Crippen LogP contribution in [0.4, 0.5) is 0 Å². The quantitative estimate of drug-likeness (QED) is 0.405. The molecule has 2 aromatic rings. The average molecular weight is 584 g/mol. The van der Waals surface area contributed by atoms with Crippen LogP contribution in [0.15, 0.2) is 39.8 Å². The number of hydrogen-bond donors (Lipinski definition) is 1. The Balaban J connectivity index is 1.66. The van der Waals surface area contributed by atoms with Crippen LogP contribution in [0, 0.1) is 22.7 Å². The molecule has 226 valence electrons. The molecule has 0 aromatic carbocycles. The molecular weight excluding hydrogens is 546 g/mol. The van der Waals surface area contributed by atoms with Crippen molar-refractivity contribution in [1.82, 2.24) is 4.98 Å². The molecule has 0 radical (unpaired) electrons. The maximum Gasteiger partial charge on any atom is 0.345 e. The Kier molecular flexibility index (Phi) is 7.45. The number of aliphatic hydroxyl groups is 1. The van der Waals surface area contributed by atoms with Crippen molar-refractivity contribution in [2.24, 2.45) is 22.7 Å². The van der Waals surface area contributed by atoms with Crippen LogP contribution >= 0.6 is 0 Å². The highest BCUT2D eigenvalue weighted by atomic mass is 16.6. The summed E-state index contributed by atoms with van der Waals surface area (Å²) in [6, 6.07) is 5.00. The summed E-state index contributed by atoms with van der Waals surface area (Å²) >= 11 is 0. The minimum Gasteiger partial charge on any atom is -0.482 e. The van der Waals surface area contributed by atoms with E-state index in [1.165, 1.54) is 20.8 Å². The molecule has 3 aliphatic rings. The lowest BCUT2D eigenvalue weighted by molar-refractivity contribution is -0.270. The number of aromatic nitrogens is 1. The standard InChI is InChI=1S/C31H37NO10/c1-16(33)38-15-30(5)22-13-24(40-18(3)35)31(6)27(29(22,4)10-9-23(30)39-17(2)34)26(36)25-21(42-31)12-20(41-28(25)37)19-8-7-11-32-14-19/h7-8,11-12,14,22-24,26-27,36H,9-10,13,15H2,1-6H3/t22-,23+,24+,26+,27-,29+,30-,31-/m1/s1. The van der Waals surface area contributed by atoms with Crippen LogP contribution in [0.5, 0.6) is 5.75 Å². The molecule has 3 heterocycles. The molecule has 0 amide bonds. The summed E-state index contributed by atoms with van der Waals surface area (Å²) in [6.45, 7) is 9.56. The normalized spacial score (nSPS) is 35.0. The predicted octanol–water partition coefficient (Wildman–Crippen LogP) is 3.76. The van der Waals surface area contributed by atoms with Gasteiger partial charge in [-0.15, -0.1) is 0 Å².